The number of phenols is 1. The molecule has 1 aromatic rings. The molecule has 1 saturated heterocycles. The van der Waals surface area contributed by atoms with E-state index in [1.807, 2.05) is 0 Å². The third-order valence-electron chi connectivity index (χ3n) is 6.12. The summed E-state index contributed by atoms with van der Waals surface area (Å²) in [5, 5.41) is 32.4. The largest absolute Gasteiger partial charge is 0.508 e. The molecule has 1 aliphatic rings. The first-order chi connectivity index (χ1) is 17.5. The predicted octanol–water partition coefficient (Wildman–Crippen LogP) is -1.09. The lowest BCUT2D eigenvalue weighted by atomic mass is 10.0. The molecule has 3 amide bonds. The van der Waals surface area contributed by atoms with Crippen molar-refractivity contribution in [3.8, 4) is 5.75 Å². The van der Waals surface area contributed by atoms with E-state index in [9.17, 15) is 34.2 Å². The van der Waals surface area contributed by atoms with E-state index >= 15 is 0 Å². The van der Waals surface area contributed by atoms with Crippen LogP contribution in [0.15, 0.2) is 24.3 Å². The first kappa shape index (κ1) is 29.5. The van der Waals surface area contributed by atoms with Gasteiger partial charge in [0.25, 0.3) is 0 Å². The first-order valence-corrected chi connectivity index (χ1v) is 12.1. The highest BCUT2D eigenvalue weighted by Crippen LogP contribution is 2.20. The van der Waals surface area contributed by atoms with Crippen molar-refractivity contribution in [2.45, 2.75) is 69.1 Å². The van der Waals surface area contributed by atoms with Gasteiger partial charge in [0.2, 0.25) is 17.7 Å². The molecule has 4 atom stereocenters. The summed E-state index contributed by atoms with van der Waals surface area (Å²) in [6, 6.07) is 1.63. The molecule has 9 N–H and O–H groups in total. The average molecular weight is 522 g/mol. The summed E-state index contributed by atoms with van der Waals surface area (Å²) in [5.41, 5.74) is 12.3. The molecule has 2 rings (SSSR count). The molecular formula is C24H35N5O8. The standard InChI is InChI=1S/C24H35N5O8/c25-10-2-1-4-17(27-21(33)16(26)12-14-6-8-15(30)9-7-14)23(35)29-11-3-5-19(29)22(34)28-18(24(36)37)13-20(31)32/h6-9,16-19,30H,1-5,10-13,25-26H2,(H,27,33)(H,28,34)(H,31,32)(H,36,37). The number of hydrogen-bond donors (Lipinski definition) is 7. The van der Waals surface area contributed by atoms with Gasteiger partial charge in [-0.15, -0.1) is 0 Å². The second kappa shape index (κ2) is 14.1. The van der Waals surface area contributed by atoms with Crippen LogP contribution in [0.2, 0.25) is 0 Å². The van der Waals surface area contributed by atoms with Crippen molar-refractivity contribution in [1.29, 1.82) is 0 Å². The van der Waals surface area contributed by atoms with Gasteiger partial charge in [0.1, 0.15) is 23.9 Å². The van der Waals surface area contributed by atoms with Crippen LogP contribution in [0.5, 0.6) is 5.75 Å². The molecule has 0 radical (unpaired) electrons. The van der Waals surface area contributed by atoms with Crippen molar-refractivity contribution >= 4 is 29.7 Å². The summed E-state index contributed by atoms with van der Waals surface area (Å²) in [6.07, 6.45) is 1.51. The van der Waals surface area contributed by atoms with Crippen molar-refractivity contribution in [3.63, 3.8) is 0 Å². The molecule has 1 aromatic carbocycles. The number of carboxylic acids is 2. The zero-order valence-electron chi connectivity index (χ0n) is 20.5. The van der Waals surface area contributed by atoms with Crippen molar-refractivity contribution in [3.05, 3.63) is 29.8 Å². The normalized spacial score (nSPS) is 17.5. The molecule has 0 aliphatic carbocycles. The van der Waals surface area contributed by atoms with Crippen LogP contribution in [0.4, 0.5) is 0 Å². The summed E-state index contributed by atoms with van der Waals surface area (Å²) in [7, 11) is 0. The molecule has 1 fully saturated rings. The Kier molecular flexibility index (Phi) is 11.3. The van der Waals surface area contributed by atoms with Gasteiger partial charge in [-0.2, -0.15) is 0 Å². The van der Waals surface area contributed by atoms with E-state index in [1.54, 1.807) is 12.1 Å². The van der Waals surface area contributed by atoms with Gasteiger partial charge < -0.3 is 42.3 Å². The zero-order chi connectivity index (χ0) is 27.5. The fourth-order valence-corrected chi connectivity index (χ4v) is 4.15. The topological polar surface area (TPSA) is 225 Å². The molecule has 4 unspecified atom stereocenters. The minimum Gasteiger partial charge on any atom is -0.508 e. The van der Waals surface area contributed by atoms with Crippen molar-refractivity contribution in [2.24, 2.45) is 11.5 Å². The quantitative estimate of drug-likeness (QED) is 0.146. The van der Waals surface area contributed by atoms with E-state index < -0.39 is 60.2 Å². The highest BCUT2D eigenvalue weighted by molar-refractivity contribution is 5.95. The molecule has 0 aromatic heterocycles. The summed E-state index contributed by atoms with van der Waals surface area (Å²) in [6.45, 7) is 0.612. The van der Waals surface area contributed by atoms with E-state index in [0.29, 0.717) is 25.8 Å². The molecule has 0 spiro atoms. The van der Waals surface area contributed by atoms with Gasteiger partial charge in [-0.3, -0.25) is 19.2 Å². The van der Waals surface area contributed by atoms with Crippen molar-refractivity contribution in [2.75, 3.05) is 13.1 Å². The van der Waals surface area contributed by atoms with E-state index in [4.69, 9.17) is 16.6 Å². The number of unbranched alkanes of at least 4 members (excludes halogenated alkanes) is 1. The number of nitrogens with zero attached hydrogens (tertiary/aromatic N) is 1. The van der Waals surface area contributed by atoms with Crippen molar-refractivity contribution < 1.29 is 39.3 Å². The molecule has 204 valence electrons. The summed E-state index contributed by atoms with van der Waals surface area (Å²) < 4.78 is 0. The van der Waals surface area contributed by atoms with E-state index in [-0.39, 0.29) is 31.6 Å². The van der Waals surface area contributed by atoms with E-state index in [1.165, 1.54) is 17.0 Å². The lowest BCUT2D eigenvalue weighted by Gasteiger charge is -2.30. The molecule has 0 bridgehead atoms. The lowest BCUT2D eigenvalue weighted by molar-refractivity contribution is -0.148. The number of carbonyl (C=O) groups excluding carboxylic acids is 3. The minimum atomic E-state index is -1.64. The second-order valence-corrected chi connectivity index (χ2v) is 9.01. The maximum atomic E-state index is 13.4. The maximum absolute atomic E-state index is 13.4. The molecule has 13 nitrogen and oxygen atoms in total. The summed E-state index contributed by atoms with van der Waals surface area (Å²) in [5.74, 6) is -4.65. The highest BCUT2D eigenvalue weighted by Gasteiger charge is 2.39. The monoisotopic (exact) mass is 521 g/mol. The number of aliphatic carboxylic acids is 2. The zero-order valence-corrected chi connectivity index (χ0v) is 20.5. The van der Waals surface area contributed by atoms with Crippen LogP contribution in [0, 0.1) is 0 Å². The number of rotatable bonds is 14. The Bertz CT molecular complexity index is 970. The number of nitrogens with two attached hydrogens (primary N) is 2. The Morgan fingerprint density at radius 2 is 1.70 bits per heavy atom. The smallest absolute Gasteiger partial charge is 0.326 e. The van der Waals surface area contributed by atoms with Gasteiger partial charge in [0.15, 0.2) is 0 Å². The Hall–Kier alpha value is -3.71. The fourth-order valence-electron chi connectivity index (χ4n) is 4.15. The Morgan fingerprint density at radius 3 is 2.30 bits per heavy atom. The number of hydrogen-bond acceptors (Lipinski definition) is 8. The highest BCUT2D eigenvalue weighted by atomic mass is 16.4. The molecule has 1 aliphatic heterocycles. The van der Waals surface area contributed by atoms with Gasteiger partial charge in [0.05, 0.1) is 12.5 Å². The van der Waals surface area contributed by atoms with Crippen LogP contribution in [0.3, 0.4) is 0 Å². The Balaban J connectivity index is 2.11. The van der Waals surface area contributed by atoms with Crippen LogP contribution < -0.4 is 22.1 Å². The van der Waals surface area contributed by atoms with Gasteiger partial charge in [-0.1, -0.05) is 12.1 Å². The number of nitrogens with one attached hydrogen (secondary N) is 2. The first-order valence-electron chi connectivity index (χ1n) is 12.1. The number of carboxylic acid groups (broad SMARTS) is 2. The lowest BCUT2D eigenvalue weighted by Crippen LogP contribution is -2.57. The number of amides is 3. The van der Waals surface area contributed by atoms with Crippen LogP contribution in [-0.4, -0.2) is 87.1 Å². The van der Waals surface area contributed by atoms with Crippen LogP contribution in [-0.2, 0) is 30.4 Å². The number of benzene rings is 1. The maximum Gasteiger partial charge on any atom is 0.326 e. The van der Waals surface area contributed by atoms with E-state index in [0.717, 1.165) is 5.56 Å². The van der Waals surface area contributed by atoms with Gasteiger partial charge >= 0.3 is 11.9 Å². The molecule has 0 saturated carbocycles. The van der Waals surface area contributed by atoms with Crippen LogP contribution >= 0.6 is 0 Å². The Morgan fingerprint density at radius 1 is 1.03 bits per heavy atom. The molecular weight excluding hydrogens is 486 g/mol. The number of carbonyl (C=O) groups is 5. The van der Waals surface area contributed by atoms with Gasteiger partial charge in [-0.25, -0.2) is 4.79 Å². The van der Waals surface area contributed by atoms with Crippen LogP contribution in [0.1, 0.15) is 44.1 Å². The Labute approximate surface area is 214 Å². The van der Waals surface area contributed by atoms with Crippen LogP contribution in [0.25, 0.3) is 0 Å². The number of phenolic OH excluding ortho intramolecular Hbond substituents is 1. The van der Waals surface area contributed by atoms with Crippen molar-refractivity contribution in [1.82, 2.24) is 15.5 Å². The number of likely N-dealkylation sites (tertiary alicyclic amines) is 1. The van der Waals surface area contributed by atoms with E-state index in [2.05, 4.69) is 10.6 Å². The molecule has 13 heteroatoms. The molecule has 37 heavy (non-hydrogen) atoms. The second-order valence-electron chi connectivity index (χ2n) is 9.01. The molecule has 1 heterocycles. The third kappa shape index (κ3) is 9.03. The number of aromatic hydroxyl groups is 1. The predicted molar refractivity (Wildman–Crippen MR) is 131 cm³/mol. The summed E-state index contributed by atoms with van der Waals surface area (Å²) >= 11 is 0. The minimum absolute atomic E-state index is 0.0779. The van der Waals surface area contributed by atoms with Gasteiger partial charge in [0, 0.05) is 6.54 Å². The summed E-state index contributed by atoms with van der Waals surface area (Å²) in [4.78, 5) is 62.6. The fraction of sp³-hybridized carbons (Fsp3) is 0.542. The third-order valence-corrected chi connectivity index (χ3v) is 6.12. The average Bonchev–Trinajstić information content (AvgIpc) is 3.33. The SMILES string of the molecule is NCCCCC(NC(=O)C(N)Cc1ccc(O)cc1)C(=O)N1CCCC1C(=O)NC(CC(=O)O)C(=O)O. The van der Waals surface area contributed by atoms with Gasteiger partial charge in [-0.05, 0) is 62.8 Å².